The summed E-state index contributed by atoms with van der Waals surface area (Å²) in [6, 6.07) is 4.18. The van der Waals surface area contributed by atoms with E-state index in [0.29, 0.717) is 6.54 Å². The minimum absolute atomic E-state index is 0.215. The van der Waals surface area contributed by atoms with Crippen LogP contribution >= 0.6 is 0 Å². The first-order valence-corrected chi connectivity index (χ1v) is 7.34. The fourth-order valence-electron chi connectivity index (χ4n) is 3.13. The van der Waals surface area contributed by atoms with Gasteiger partial charge in [-0.2, -0.15) is 0 Å². The summed E-state index contributed by atoms with van der Waals surface area (Å²) < 4.78 is 13.2. The highest BCUT2D eigenvalue weighted by atomic mass is 19.1. The second-order valence-electron chi connectivity index (χ2n) is 6.36. The van der Waals surface area contributed by atoms with Crippen LogP contribution in [0.15, 0.2) is 18.2 Å². The van der Waals surface area contributed by atoms with E-state index < -0.39 is 12.9 Å². The van der Waals surface area contributed by atoms with Gasteiger partial charge in [0.2, 0.25) is 0 Å². The Morgan fingerprint density at radius 3 is 2.38 bits per heavy atom. The van der Waals surface area contributed by atoms with Gasteiger partial charge in [-0.3, -0.25) is 0 Å². The van der Waals surface area contributed by atoms with Crippen molar-refractivity contribution in [2.75, 3.05) is 27.7 Å². The molecule has 1 aromatic carbocycles. The Bertz CT molecular complexity index is 493. The number of nitrogens with zero attached hydrogens (tertiary/aromatic N) is 2. The smallest absolute Gasteiger partial charge is 0.423 e. The lowest BCUT2D eigenvalue weighted by Crippen LogP contribution is -2.56. The Morgan fingerprint density at radius 2 is 1.90 bits per heavy atom. The van der Waals surface area contributed by atoms with Crippen LogP contribution in [0.4, 0.5) is 4.39 Å². The van der Waals surface area contributed by atoms with Crippen molar-refractivity contribution in [2.24, 2.45) is 0 Å². The number of benzene rings is 1. The quantitative estimate of drug-likeness (QED) is 0.747. The third-order valence-electron chi connectivity index (χ3n) is 4.62. The van der Waals surface area contributed by atoms with Gasteiger partial charge in [0.25, 0.3) is 0 Å². The van der Waals surface area contributed by atoms with E-state index in [1.54, 1.807) is 6.07 Å². The van der Waals surface area contributed by atoms with Crippen LogP contribution in [0.2, 0.25) is 0 Å². The molecule has 2 N–H and O–H groups in total. The highest BCUT2D eigenvalue weighted by molar-refractivity contribution is 6.59. The molecule has 116 valence electrons. The van der Waals surface area contributed by atoms with Crippen molar-refractivity contribution in [1.82, 2.24) is 9.80 Å². The molecule has 0 aliphatic heterocycles. The Morgan fingerprint density at radius 1 is 1.24 bits per heavy atom. The molecule has 4 nitrogen and oxygen atoms in total. The van der Waals surface area contributed by atoms with Crippen LogP contribution in [0.1, 0.15) is 24.8 Å². The zero-order valence-electron chi connectivity index (χ0n) is 13.0. The van der Waals surface area contributed by atoms with Gasteiger partial charge in [-0.05, 0) is 63.6 Å². The Balaban J connectivity index is 2.07. The normalized spacial score (nSPS) is 17.1. The van der Waals surface area contributed by atoms with Crippen molar-refractivity contribution in [3.8, 4) is 0 Å². The van der Waals surface area contributed by atoms with Crippen molar-refractivity contribution in [1.29, 1.82) is 0 Å². The molecule has 1 fully saturated rings. The van der Waals surface area contributed by atoms with Gasteiger partial charge in [-0.15, -0.1) is 0 Å². The monoisotopic (exact) mass is 294 g/mol. The third kappa shape index (κ3) is 3.63. The lowest BCUT2D eigenvalue weighted by Gasteiger charge is -2.49. The van der Waals surface area contributed by atoms with Crippen LogP contribution in [0.5, 0.6) is 0 Å². The van der Waals surface area contributed by atoms with Gasteiger partial charge >= 0.3 is 7.12 Å². The summed E-state index contributed by atoms with van der Waals surface area (Å²) in [5.41, 5.74) is 1.21. The molecule has 0 heterocycles. The topological polar surface area (TPSA) is 46.9 Å². The summed E-state index contributed by atoms with van der Waals surface area (Å²) in [4.78, 5) is 4.44. The van der Waals surface area contributed by atoms with Gasteiger partial charge < -0.3 is 19.8 Å². The maximum atomic E-state index is 13.2. The van der Waals surface area contributed by atoms with Crippen LogP contribution in [0, 0.1) is 5.82 Å². The summed E-state index contributed by atoms with van der Waals surface area (Å²) in [7, 11) is 4.58. The molecule has 1 aliphatic rings. The van der Waals surface area contributed by atoms with Crippen molar-refractivity contribution < 1.29 is 14.4 Å². The van der Waals surface area contributed by atoms with E-state index >= 15 is 0 Å². The first-order valence-electron chi connectivity index (χ1n) is 7.34. The summed E-state index contributed by atoms with van der Waals surface area (Å²) in [5, 5.41) is 18.8. The molecular formula is C15H24BFN2O2. The van der Waals surface area contributed by atoms with E-state index in [0.717, 1.165) is 12.1 Å². The zero-order valence-corrected chi connectivity index (χ0v) is 13.0. The number of hydrogen-bond acceptors (Lipinski definition) is 4. The minimum Gasteiger partial charge on any atom is -0.423 e. The SMILES string of the molecule is CN(Cc1ccc(F)cc1B(O)O)CC1(N(C)C)CCC1. The Kier molecular flexibility index (Phi) is 5.04. The number of rotatable bonds is 6. The molecular weight excluding hydrogens is 270 g/mol. The molecule has 0 saturated heterocycles. The molecule has 0 aromatic heterocycles. The summed E-state index contributed by atoms with van der Waals surface area (Å²) >= 11 is 0. The predicted molar refractivity (Wildman–Crippen MR) is 82.8 cm³/mol. The van der Waals surface area contributed by atoms with Crippen LogP contribution in [-0.2, 0) is 6.54 Å². The molecule has 0 bridgehead atoms. The molecule has 2 rings (SSSR count). The van der Waals surface area contributed by atoms with E-state index in [4.69, 9.17) is 0 Å². The van der Waals surface area contributed by atoms with Crippen molar-refractivity contribution >= 4 is 12.6 Å². The average molecular weight is 294 g/mol. The van der Waals surface area contributed by atoms with Crippen LogP contribution < -0.4 is 5.46 Å². The van der Waals surface area contributed by atoms with E-state index in [9.17, 15) is 14.4 Å². The molecule has 1 aliphatic carbocycles. The molecule has 6 heteroatoms. The summed E-state index contributed by atoms with van der Waals surface area (Å²) in [6.45, 7) is 1.49. The molecule has 0 atom stereocenters. The van der Waals surface area contributed by atoms with Crippen molar-refractivity contribution in [3.63, 3.8) is 0 Å². The molecule has 1 saturated carbocycles. The standard InChI is InChI=1S/C15H24BFN2O2/c1-18(2)15(7-4-8-15)11-19(3)10-12-5-6-13(17)9-14(12)16(20)21/h5-6,9,20-21H,4,7-8,10-11H2,1-3H3. The van der Waals surface area contributed by atoms with Gasteiger partial charge in [-0.1, -0.05) is 6.07 Å². The summed E-state index contributed by atoms with van der Waals surface area (Å²) in [6.07, 6.45) is 3.62. The second kappa shape index (κ2) is 6.44. The fraction of sp³-hybridized carbons (Fsp3) is 0.600. The maximum Gasteiger partial charge on any atom is 0.488 e. The van der Waals surface area contributed by atoms with E-state index in [2.05, 4.69) is 23.9 Å². The molecule has 0 spiro atoms. The number of hydrogen-bond donors (Lipinski definition) is 2. The van der Waals surface area contributed by atoms with Gasteiger partial charge in [0.05, 0.1) is 0 Å². The van der Waals surface area contributed by atoms with Crippen LogP contribution in [0.25, 0.3) is 0 Å². The maximum absolute atomic E-state index is 13.2. The van der Waals surface area contributed by atoms with Gasteiger partial charge in [0, 0.05) is 18.6 Å². The van der Waals surface area contributed by atoms with Crippen molar-refractivity contribution in [3.05, 3.63) is 29.6 Å². The lowest BCUT2D eigenvalue weighted by atomic mass is 9.74. The Hall–Kier alpha value is -0.945. The van der Waals surface area contributed by atoms with Gasteiger partial charge in [-0.25, -0.2) is 4.39 Å². The predicted octanol–water partition coefficient (Wildman–Crippen LogP) is 0.422. The molecule has 0 amide bonds. The van der Waals surface area contributed by atoms with Crippen molar-refractivity contribution in [2.45, 2.75) is 31.3 Å². The molecule has 0 unspecified atom stereocenters. The Labute approximate surface area is 126 Å². The second-order valence-corrected chi connectivity index (χ2v) is 6.36. The molecule has 1 aromatic rings. The molecule has 21 heavy (non-hydrogen) atoms. The van der Waals surface area contributed by atoms with E-state index in [-0.39, 0.29) is 11.0 Å². The first-order chi connectivity index (χ1) is 9.84. The number of halogens is 1. The van der Waals surface area contributed by atoms with Crippen LogP contribution in [0.3, 0.4) is 0 Å². The minimum atomic E-state index is -1.64. The van der Waals surface area contributed by atoms with Gasteiger partial charge in [0.15, 0.2) is 0 Å². The zero-order chi connectivity index (χ0) is 15.6. The lowest BCUT2D eigenvalue weighted by molar-refractivity contribution is 0.0259. The average Bonchev–Trinajstić information content (AvgIpc) is 2.35. The number of likely N-dealkylation sites (N-methyl/N-ethyl adjacent to an activating group) is 2. The first kappa shape index (κ1) is 16.4. The van der Waals surface area contributed by atoms with E-state index in [1.807, 2.05) is 7.05 Å². The largest absolute Gasteiger partial charge is 0.488 e. The fourth-order valence-corrected chi connectivity index (χ4v) is 3.13. The van der Waals surface area contributed by atoms with Crippen LogP contribution in [-0.4, -0.2) is 60.2 Å². The molecule has 0 radical (unpaired) electrons. The van der Waals surface area contributed by atoms with Gasteiger partial charge in [0.1, 0.15) is 5.82 Å². The highest BCUT2D eigenvalue weighted by Crippen LogP contribution is 2.36. The summed E-state index contributed by atoms with van der Waals surface area (Å²) in [5.74, 6) is -0.451. The van der Waals surface area contributed by atoms with E-state index in [1.165, 1.54) is 31.4 Å². The third-order valence-corrected chi connectivity index (χ3v) is 4.62. The highest BCUT2D eigenvalue weighted by Gasteiger charge is 2.39.